The van der Waals surface area contributed by atoms with Gasteiger partial charge < -0.3 is 14.7 Å². The van der Waals surface area contributed by atoms with Crippen molar-refractivity contribution < 1.29 is 0 Å². The fourth-order valence-electron chi connectivity index (χ4n) is 14.3. The zero-order chi connectivity index (χ0) is 52.4. The Hall–Kier alpha value is -6.78. The van der Waals surface area contributed by atoms with Gasteiger partial charge in [-0.2, -0.15) is 0 Å². The van der Waals surface area contributed by atoms with E-state index in [1.54, 1.807) is 0 Å². The molecular weight excluding hydrogens is 906 g/mol. The number of benzene rings is 8. The highest BCUT2D eigenvalue weighted by Gasteiger charge is 2.48. The molecule has 0 amide bonds. The topological polar surface area (TPSA) is 9.72 Å². The first-order valence-corrected chi connectivity index (χ1v) is 28.0. The third kappa shape index (κ3) is 7.21. The van der Waals surface area contributed by atoms with Crippen LogP contribution in [0.3, 0.4) is 0 Å². The maximum atomic E-state index is 2.72. The van der Waals surface area contributed by atoms with E-state index in [0.717, 1.165) is 29.9 Å². The van der Waals surface area contributed by atoms with Gasteiger partial charge in [0.1, 0.15) is 0 Å². The molecule has 3 aliphatic carbocycles. The Labute approximate surface area is 448 Å². The normalized spacial score (nSPS) is 18.4. The van der Waals surface area contributed by atoms with Crippen molar-refractivity contribution in [2.24, 2.45) is 0 Å². The van der Waals surface area contributed by atoms with E-state index in [4.69, 9.17) is 0 Å². The lowest BCUT2D eigenvalue weighted by Crippen LogP contribution is -2.62. The largest absolute Gasteiger partial charge is 0.311 e. The Morgan fingerprint density at radius 1 is 0.387 bits per heavy atom. The SMILES string of the molecule is CC(C)(C)c1cc2c3c(c1)N(c1ccc4c(c1)C(C)(C)CCC4(C)C)c1cc4c(cc1B3c1ccc(N(c3ccccc3)c3ccccc3)cc1N2c1ccc2c(c1)C(C)(C)c1ccccc1-2)C(C)(C)CCC4(C)C. The molecule has 4 heteroatoms. The van der Waals surface area contributed by atoms with E-state index in [1.165, 1.54) is 113 Å². The molecule has 5 aliphatic rings. The van der Waals surface area contributed by atoms with Crippen LogP contribution in [-0.2, 0) is 32.5 Å². The van der Waals surface area contributed by atoms with Crippen molar-refractivity contribution in [3.05, 3.63) is 203 Å². The predicted molar refractivity (Wildman–Crippen MR) is 322 cm³/mol. The lowest BCUT2D eigenvalue weighted by atomic mass is 9.33. The molecule has 0 radical (unpaired) electrons. The van der Waals surface area contributed by atoms with Crippen LogP contribution in [-0.4, -0.2) is 6.71 Å². The Morgan fingerprint density at radius 2 is 0.867 bits per heavy atom. The van der Waals surface area contributed by atoms with Gasteiger partial charge in [-0.25, -0.2) is 0 Å². The van der Waals surface area contributed by atoms with Gasteiger partial charge in [0.15, 0.2) is 0 Å². The molecule has 0 N–H and O–H groups in total. The van der Waals surface area contributed by atoms with Crippen LogP contribution in [0.1, 0.15) is 155 Å². The highest BCUT2D eigenvalue weighted by atomic mass is 15.2. The second-order valence-electron chi connectivity index (χ2n) is 27.2. The minimum atomic E-state index is -0.167. The third-order valence-electron chi connectivity index (χ3n) is 19.1. The van der Waals surface area contributed by atoms with Crippen LogP contribution in [0.25, 0.3) is 11.1 Å². The van der Waals surface area contributed by atoms with Crippen molar-refractivity contribution >= 4 is 74.3 Å². The molecule has 2 aliphatic heterocycles. The Morgan fingerprint density at radius 3 is 1.45 bits per heavy atom. The van der Waals surface area contributed by atoms with Gasteiger partial charge in [0.25, 0.3) is 6.71 Å². The maximum absolute atomic E-state index is 2.72. The van der Waals surface area contributed by atoms with Crippen molar-refractivity contribution in [1.82, 2.24) is 0 Å². The van der Waals surface area contributed by atoms with Gasteiger partial charge in [0.05, 0.1) is 0 Å². The molecule has 0 bridgehead atoms. The van der Waals surface area contributed by atoms with Gasteiger partial charge >= 0.3 is 0 Å². The van der Waals surface area contributed by atoms with E-state index in [2.05, 4.69) is 269 Å². The third-order valence-corrected chi connectivity index (χ3v) is 19.1. The van der Waals surface area contributed by atoms with Crippen LogP contribution in [0.5, 0.6) is 0 Å². The second kappa shape index (κ2) is 16.1. The number of para-hydroxylation sites is 2. The van der Waals surface area contributed by atoms with Gasteiger partial charge in [-0.1, -0.05) is 175 Å². The fourth-order valence-corrected chi connectivity index (χ4v) is 14.3. The lowest BCUT2D eigenvalue weighted by molar-refractivity contribution is 0.332. The number of rotatable bonds is 5. The number of hydrogen-bond donors (Lipinski definition) is 0. The minimum Gasteiger partial charge on any atom is -0.311 e. The summed E-state index contributed by atoms with van der Waals surface area (Å²) in [6.45, 7) is 31.8. The summed E-state index contributed by atoms with van der Waals surface area (Å²) < 4.78 is 0. The maximum Gasteiger partial charge on any atom is 0.252 e. The minimum absolute atomic E-state index is 0.0215. The van der Waals surface area contributed by atoms with E-state index in [0.29, 0.717) is 0 Å². The fraction of sp³-hybridized carbons (Fsp3) is 0.324. The summed E-state index contributed by atoms with van der Waals surface area (Å²) in [6, 6.07) is 63.8. The lowest BCUT2D eigenvalue weighted by Gasteiger charge is -2.48. The molecule has 13 rings (SSSR count). The Bertz CT molecular complexity index is 3600. The van der Waals surface area contributed by atoms with Crippen molar-refractivity contribution in [3.63, 3.8) is 0 Å². The van der Waals surface area contributed by atoms with E-state index in [1.807, 2.05) is 0 Å². The van der Waals surface area contributed by atoms with Crippen molar-refractivity contribution in [2.75, 3.05) is 14.7 Å². The zero-order valence-corrected chi connectivity index (χ0v) is 46.8. The number of fused-ring (bicyclic) bond motifs is 9. The van der Waals surface area contributed by atoms with E-state index in [-0.39, 0.29) is 39.2 Å². The summed E-state index contributed by atoms with van der Waals surface area (Å²) in [4.78, 5) is 7.83. The van der Waals surface area contributed by atoms with Crippen molar-refractivity contribution in [1.29, 1.82) is 0 Å². The first-order chi connectivity index (χ1) is 35.5. The second-order valence-corrected chi connectivity index (χ2v) is 27.2. The molecule has 75 heavy (non-hydrogen) atoms. The van der Waals surface area contributed by atoms with Crippen LogP contribution in [0.4, 0.5) is 51.2 Å². The molecule has 0 unspecified atom stereocenters. The van der Waals surface area contributed by atoms with Crippen molar-refractivity contribution in [3.8, 4) is 11.1 Å². The van der Waals surface area contributed by atoms with Crippen LogP contribution < -0.4 is 31.1 Å². The molecule has 3 nitrogen and oxygen atoms in total. The van der Waals surface area contributed by atoms with Crippen LogP contribution in [0, 0.1) is 0 Å². The molecule has 0 atom stereocenters. The molecule has 8 aromatic carbocycles. The molecule has 0 aromatic heterocycles. The van der Waals surface area contributed by atoms with Gasteiger partial charge in [-0.05, 0) is 198 Å². The highest BCUT2D eigenvalue weighted by molar-refractivity contribution is 7.00. The van der Waals surface area contributed by atoms with E-state index >= 15 is 0 Å². The summed E-state index contributed by atoms with van der Waals surface area (Å²) in [6.07, 6.45) is 4.68. The summed E-state index contributed by atoms with van der Waals surface area (Å²) in [5.74, 6) is 0. The summed E-state index contributed by atoms with van der Waals surface area (Å²) in [5, 5.41) is 0. The van der Waals surface area contributed by atoms with E-state index < -0.39 is 0 Å². The summed E-state index contributed by atoms with van der Waals surface area (Å²) in [5.41, 5.74) is 27.7. The molecule has 0 saturated carbocycles. The van der Waals surface area contributed by atoms with Gasteiger partial charge in [0.2, 0.25) is 0 Å². The quantitative estimate of drug-likeness (QED) is 0.159. The number of nitrogens with zero attached hydrogens (tertiary/aromatic N) is 3. The number of hydrogen-bond acceptors (Lipinski definition) is 3. The van der Waals surface area contributed by atoms with Crippen LogP contribution in [0.2, 0.25) is 0 Å². The molecule has 2 heterocycles. The smallest absolute Gasteiger partial charge is 0.252 e. The van der Waals surface area contributed by atoms with Gasteiger partial charge in [0, 0.05) is 56.6 Å². The van der Waals surface area contributed by atoms with Gasteiger partial charge in [-0.3, -0.25) is 0 Å². The first-order valence-electron chi connectivity index (χ1n) is 28.0. The Kier molecular flexibility index (Phi) is 10.3. The van der Waals surface area contributed by atoms with E-state index in [9.17, 15) is 0 Å². The molecular formula is C71H74BN3. The molecule has 0 saturated heterocycles. The standard InChI is InChI=1S/C71H74BN3/c1-66(2,3)45-38-63-65-64(39-45)75(49-29-32-54-56(41-49)68(6,7)35-34-67(54,4)5)62-44-58-57(69(8,9)36-37-70(58,10)11)43-60(62)72(65)59-33-30-50(73(46-22-16-14-17-23-46)47-24-18-15-19-25-47)42-61(59)74(63)48-28-31-52-51-26-20-21-27-53(51)71(12,13)55(52)40-48/h14-33,38-44H,34-37H2,1-13H3. The predicted octanol–water partition coefficient (Wildman–Crippen LogP) is 17.5. The van der Waals surface area contributed by atoms with Crippen LogP contribution in [0.15, 0.2) is 164 Å². The molecule has 0 spiro atoms. The monoisotopic (exact) mass is 980 g/mol. The first kappa shape index (κ1) is 47.9. The summed E-state index contributed by atoms with van der Waals surface area (Å²) >= 11 is 0. The average Bonchev–Trinajstić information content (AvgIpc) is 3.61. The Balaban J connectivity index is 1.15. The number of anilines is 9. The van der Waals surface area contributed by atoms with Gasteiger partial charge in [-0.15, -0.1) is 0 Å². The summed E-state index contributed by atoms with van der Waals surface area (Å²) in [7, 11) is 0. The van der Waals surface area contributed by atoms with Crippen molar-refractivity contribution in [2.45, 2.75) is 148 Å². The zero-order valence-electron chi connectivity index (χ0n) is 46.8. The average molecular weight is 980 g/mol. The van der Waals surface area contributed by atoms with Crippen LogP contribution >= 0.6 is 0 Å². The molecule has 8 aromatic rings. The highest BCUT2D eigenvalue weighted by Crippen LogP contribution is 2.55. The molecule has 376 valence electrons. The molecule has 0 fully saturated rings.